The van der Waals surface area contributed by atoms with Gasteiger partial charge in [0.2, 0.25) is 5.88 Å². The van der Waals surface area contributed by atoms with Crippen LogP contribution in [0, 0.1) is 10.1 Å². The Labute approximate surface area is 156 Å². The molecule has 0 spiro atoms. The lowest BCUT2D eigenvalue weighted by Gasteiger charge is -2.08. The number of aromatic hydroxyl groups is 1. The summed E-state index contributed by atoms with van der Waals surface area (Å²) >= 11 is 0. The van der Waals surface area contributed by atoms with Crippen LogP contribution in [0.1, 0.15) is 11.3 Å². The number of hydrogen-bond acceptors (Lipinski definition) is 8. The summed E-state index contributed by atoms with van der Waals surface area (Å²) in [7, 11) is 1.36. The number of aromatic nitrogens is 2. The molecule has 11 nitrogen and oxygen atoms in total. The zero-order valence-electron chi connectivity index (χ0n) is 14.5. The Morgan fingerprint density at radius 1 is 1.39 bits per heavy atom. The molecule has 0 amide bonds. The van der Waals surface area contributed by atoms with Crippen molar-refractivity contribution < 1.29 is 19.2 Å². The molecule has 1 aromatic carbocycles. The van der Waals surface area contributed by atoms with E-state index in [1.807, 2.05) is 0 Å². The number of furan rings is 1. The normalized spacial score (nSPS) is 11.0. The van der Waals surface area contributed by atoms with Crippen molar-refractivity contribution in [2.45, 2.75) is 6.54 Å². The van der Waals surface area contributed by atoms with E-state index in [4.69, 9.17) is 9.15 Å². The standard InChI is InChI=1S/C17H14N4O7/c1-27-14-5-4-10(21(25)26)7-13(14)18-8-12-15(22)19-17(24)20(16(12)23)9-11-3-2-6-28-11/h2-8,23H,9H2,1H3,(H,19,22,24). The summed E-state index contributed by atoms with van der Waals surface area (Å²) < 4.78 is 11.1. The largest absolute Gasteiger partial charge is 0.494 e. The fourth-order valence-corrected chi connectivity index (χ4v) is 2.42. The van der Waals surface area contributed by atoms with Gasteiger partial charge in [0, 0.05) is 18.3 Å². The molecule has 0 saturated carbocycles. The van der Waals surface area contributed by atoms with Crippen LogP contribution in [-0.4, -0.2) is 32.9 Å². The van der Waals surface area contributed by atoms with E-state index in [9.17, 15) is 24.8 Å². The van der Waals surface area contributed by atoms with E-state index in [1.54, 1.807) is 12.1 Å². The number of nitro groups is 1. The first-order chi connectivity index (χ1) is 13.4. The predicted molar refractivity (Wildman–Crippen MR) is 97.7 cm³/mol. The maximum atomic E-state index is 12.1. The highest BCUT2D eigenvalue weighted by atomic mass is 16.6. The highest BCUT2D eigenvalue weighted by molar-refractivity contribution is 5.85. The monoisotopic (exact) mass is 386 g/mol. The summed E-state index contributed by atoms with van der Waals surface area (Å²) in [5.74, 6) is -0.0207. The summed E-state index contributed by atoms with van der Waals surface area (Å²) in [5.41, 5.74) is -2.16. The molecule has 0 aliphatic carbocycles. The molecule has 0 aliphatic rings. The van der Waals surface area contributed by atoms with Crippen molar-refractivity contribution >= 4 is 17.6 Å². The van der Waals surface area contributed by atoms with Crippen LogP contribution in [0.25, 0.3) is 0 Å². The number of benzene rings is 1. The number of methoxy groups -OCH3 is 1. The van der Waals surface area contributed by atoms with Crippen molar-refractivity contribution in [3.63, 3.8) is 0 Å². The molecule has 2 N–H and O–H groups in total. The maximum Gasteiger partial charge on any atom is 0.331 e. The lowest BCUT2D eigenvalue weighted by atomic mass is 10.2. The molecule has 0 aliphatic heterocycles. The van der Waals surface area contributed by atoms with Crippen molar-refractivity contribution in [1.29, 1.82) is 0 Å². The van der Waals surface area contributed by atoms with Crippen LogP contribution in [0.4, 0.5) is 11.4 Å². The van der Waals surface area contributed by atoms with Gasteiger partial charge >= 0.3 is 5.69 Å². The number of ether oxygens (including phenoxy) is 1. The van der Waals surface area contributed by atoms with E-state index >= 15 is 0 Å². The lowest BCUT2D eigenvalue weighted by Crippen LogP contribution is -2.32. The van der Waals surface area contributed by atoms with Crippen LogP contribution in [0.15, 0.2) is 55.6 Å². The third-order valence-electron chi connectivity index (χ3n) is 3.81. The van der Waals surface area contributed by atoms with Crippen LogP contribution in [0.3, 0.4) is 0 Å². The van der Waals surface area contributed by atoms with Gasteiger partial charge in [-0.15, -0.1) is 0 Å². The quantitative estimate of drug-likeness (QED) is 0.370. The molecule has 11 heteroatoms. The molecule has 0 unspecified atom stereocenters. The number of nitro benzene ring substituents is 1. The van der Waals surface area contributed by atoms with E-state index < -0.39 is 22.1 Å². The number of hydrogen-bond donors (Lipinski definition) is 2. The number of nitrogens with zero attached hydrogens (tertiary/aromatic N) is 3. The van der Waals surface area contributed by atoms with Gasteiger partial charge in [-0.3, -0.25) is 29.5 Å². The Morgan fingerprint density at radius 2 is 2.18 bits per heavy atom. The van der Waals surface area contributed by atoms with Gasteiger partial charge < -0.3 is 14.3 Å². The molecule has 3 aromatic rings. The minimum absolute atomic E-state index is 0.0688. The Kier molecular flexibility index (Phi) is 5.07. The highest BCUT2D eigenvalue weighted by Gasteiger charge is 2.15. The number of non-ortho nitro benzene ring substituents is 1. The highest BCUT2D eigenvalue weighted by Crippen LogP contribution is 2.31. The minimum atomic E-state index is -0.869. The van der Waals surface area contributed by atoms with Crippen molar-refractivity contribution in [2.75, 3.05) is 7.11 Å². The number of nitrogens with one attached hydrogen (secondary N) is 1. The molecular formula is C17H14N4O7. The number of aromatic amines is 1. The fraction of sp³-hybridized carbons (Fsp3) is 0.118. The topological polar surface area (TPSA) is 153 Å². The molecule has 0 bridgehead atoms. The fourth-order valence-electron chi connectivity index (χ4n) is 2.42. The summed E-state index contributed by atoms with van der Waals surface area (Å²) in [6.45, 7) is -0.116. The Bertz CT molecular complexity index is 1160. The van der Waals surface area contributed by atoms with Gasteiger partial charge in [-0.2, -0.15) is 0 Å². The molecule has 2 heterocycles. The minimum Gasteiger partial charge on any atom is -0.494 e. The van der Waals surface area contributed by atoms with Gasteiger partial charge in [0.25, 0.3) is 11.2 Å². The molecular weight excluding hydrogens is 372 g/mol. The van der Waals surface area contributed by atoms with Crippen LogP contribution in [-0.2, 0) is 6.54 Å². The molecule has 144 valence electrons. The van der Waals surface area contributed by atoms with E-state index in [1.165, 1.54) is 25.5 Å². The summed E-state index contributed by atoms with van der Waals surface area (Å²) in [6, 6.07) is 6.95. The molecule has 28 heavy (non-hydrogen) atoms. The van der Waals surface area contributed by atoms with Crippen LogP contribution >= 0.6 is 0 Å². The molecule has 0 fully saturated rings. The Morgan fingerprint density at radius 3 is 2.82 bits per heavy atom. The molecule has 3 rings (SSSR count). The van der Waals surface area contributed by atoms with Gasteiger partial charge in [-0.1, -0.05) is 0 Å². The van der Waals surface area contributed by atoms with Crippen LogP contribution in [0.2, 0.25) is 0 Å². The number of rotatable bonds is 6. The van der Waals surface area contributed by atoms with E-state index in [2.05, 4.69) is 9.98 Å². The molecule has 2 aromatic heterocycles. The first-order valence-electron chi connectivity index (χ1n) is 7.85. The Hall–Kier alpha value is -4.15. The number of aliphatic imine (C=N–C) groups is 1. The zero-order valence-corrected chi connectivity index (χ0v) is 14.5. The second-order valence-electron chi connectivity index (χ2n) is 5.53. The molecule has 0 radical (unpaired) electrons. The second-order valence-corrected chi connectivity index (χ2v) is 5.53. The molecule has 0 atom stereocenters. The third-order valence-corrected chi connectivity index (χ3v) is 3.81. The predicted octanol–water partition coefficient (Wildman–Crippen LogP) is 1.55. The lowest BCUT2D eigenvalue weighted by molar-refractivity contribution is -0.384. The van der Waals surface area contributed by atoms with Gasteiger partial charge in [0.05, 0.1) is 24.8 Å². The SMILES string of the molecule is COc1ccc([N+](=O)[O-])cc1N=Cc1c(O)n(Cc2ccco2)c(=O)[nH]c1=O. The van der Waals surface area contributed by atoms with E-state index in [0.717, 1.165) is 16.8 Å². The van der Waals surface area contributed by atoms with E-state index in [0.29, 0.717) is 5.76 Å². The molecule has 0 saturated heterocycles. The van der Waals surface area contributed by atoms with E-state index in [-0.39, 0.29) is 29.2 Å². The average Bonchev–Trinajstić information content (AvgIpc) is 3.18. The van der Waals surface area contributed by atoms with Crippen molar-refractivity contribution in [1.82, 2.24) is 9.55 Å². The summed E-state index contributed by atoms with van der Waals surface area (Å²) in [4.78, 5) is 40.5. The van der Waals surface area contributed by atoms with Gasteiger partial charge in [0.1, 0.15) is 22.8 Å². The first-order valence-corrected chi connectivity index (χ1v) is 7.85. The summed E-state index contributed by atoms with van der Waals surface area (Å²) in [5, 5.41) is 21.3. The van der Waals surface area contributed by atoms with Crippen LogP contribution < -0.4 is 16.0 Å². The third kappa shape index (κ3) is 3.67. The summed E-state index contributed by atoms with van der Waals surface area (Å²) in [6.07, 6.45) is 2.40. The van der Waals surface area contributed by atoms with Gasteiger partial charge in [0.15, 0.2) is 0 Å². The zero-order chi connectivity index (χ0) is 20.3. The second kappa shape index (κ2) is 7.61. The average molecular weight is 386 g/mol. The maximum absolute atomic E-state index is 12.1. The van der Waals surface area contributed by atoms with Gasteiger partial charge in [-0.05, 0) is 18.2 Å². The van der Waals surface area contributed by atoms with Crippen LogP contribution in [0.5, 0.6) is 11.6 Å². The van der Waals surface area contributed by atoms with Crippen molar-refractivity contribution in [2.24, 2.45) is 4.99 Å². The number of H-pyrrole nitrogens is 1. The van der Waals surface area contributed by atoms with Crippen molar-refractivity contribution in [3.8, 4) is 11.6 Å². The van der Waals surface area contributed by atoms with Gasteiger partial charge in [-0.25, -0.2) is 4.79 Å². The smallest absolute Gasteiger partial charge is 0.331 e. The Balaban J connectivity index is 2.05. The first kappa shape index (κ1) is 18.6. The van der Waals surface area contributed by atoms with Crippen molar-refractivity contribution in [3.05, 3.63) is 78.9 Å².